The summed E-state index contributed by atoms with van der Waals surface area (Å²) in [5.74, 6) is 2.84. The first-order valence-corrected chi connectivity index (χ1v) is 23.4. The summed E-state index contributed by atoms with van der Waals surface area (Å²) in [7, 11) is 0. The fraction of sp³-hybridized carbons (Fsp3) is 0.161. The maximum atomic E-state index is 2.48. The van der Waals surface area contributed by atoms with Gasteiger partial charge >= 0.3 is 0 Å². The summed E-state index contributed by atoms with van der Waals surface area (Å²) in [6, 6.07) is 78.9. The quantitative estimate of drug-likeness (QED) is 0.148. The molecule has 0 N–H and O–H groups in total. The molecule has 64 heavy (non-hydrogen) atoms. The highest BCUT2D eigenvalue weighted by Gasteiger charge is 2.51. The van der Waals surface area contributed by atoms with E-state index in [0.29, 0.717) is 5.41 Å². The van der Waals surface area contributed by atoms with Crippen LogP contribution < -0.4 is 4.90 Å². The Morgan fingerprint density at radius 3 is 1.44 bits per heavy atom. The average molecular weight is 823 g/mol. The Labute approximate surface area is 376 Å². The molecule has 0 aliphatic heterocycles. The highest BCUT2D eigenvalue weighted by atomic mass is 15.2. The third-order valence-corrected chi connectivity index (χ3v) is 15.4. The van der Waals surface area contributed by atoms with E-state index in [0.717, 1.165) is 40.5 Å². The van der Waals surface area contributed by atoms with Gasteiger partial charge in [-0.05, 0) is 160 Å². The first-order chi connectivity index (χ1) is 31.7. The van der Waals surface area contributed by atoms with Crippen LogP contribution in [0.5, 0.6) is 0 Å². The van der Waals surface area contributed by atoms with Crippen molar-refractivity contribution in [2.75, 3.05) is 4.90 Å². The average Bonchev–Trinajstić information content (AvgIpc) is 3.68. The summed E-state index contributed by atoms with van der Waals surface area (Å²) < 4.78 is 2.45. The third-order valence-electron chi connectivity index (χ3n) is 15.4. The lowest BCUT2D eigenvalue weighted by Gasteiger charge is -2.57. The predicted molar refractivity (Wildman–Crippen MR) is 269 cm³/mol. The summed E-state index contributed by atoms with van der Waals surface area (Å²) in [5.41, 5.74) is 16.3. The summed E-state index contributed by atoms with van der Waals surface area (Å²) in [6.45, 7) is 0. The molecule has 2 nitrogen and oxygen atoms in total. The van der Waals surface area contributed by atoms with Crippen LogP contribution in [-0.4, -0.2) is 4.57 Å². The van der Waals surface area contributed by atoms with Crippen LogP contribution in [0.1, 0.15) is 44.1 Å². The van der Waals surface area contributed by atoms with Crippen LogP contribution >= 0.6 is 0 Å². The lowest BCUT2D eigenvalue weighted by Crippen LogP contribution is -2.48. The van der Waals surface area contributed by atoms with E-state index in [9.17, 15) is 0 Å². The molecule has 1 heterocycles. The Morgan fingerprint density at radius 2 is 0.859 bits per heavy atom. The molecular formula is C62H50N2. The molecular weight excluding hydrogens is 773 g/mol. The van der Waals surface area contributed by atoms with E-state index in [1.807, 2.05) is 0 Å². The maximum absolute atomic E-state index is 2.48. The van der Waals surface area contributed by atoms with Crippen molar-refractivity contribution < 1.29 is 0 Å². The van der Waals surface area contributed by atoms with Gasteiger partial charge in [-0.15, -0.1) is 0 Å². The van der Waals surface area contributed by atoms with Crippen LogP contribution in [0.15, 0.2) is 212 Å². The van der Waals surface area contributed by atoms with Crippen molar-refractivity contribution in [3.05, 3.63) is 218 Å². The molecule has 4 aliphatic rings. The van der Waals surface area contributed by atoms with Crippen molar-refractivity contribution in [1.82, 2.24) is 4.57 Å². The maximum Gasteiger partial charge on any atom is 0.0702 e. The Morgan fingerprint density at radius 1 is 0.391 bits per heavy atom. The topological polar surface area (TPSA) is 8.17 Å². The normalized spacial score (nSPS) is 20.0. The fourth-order valence-electron chi connectivity index (χ4n) is 13.0. The summed E-state index contributed by atoms with van der Waals surface area (Å²) >= 11 is 0. The highest BCUT2D eigenvalue weighted by molar-refractivity contribution is 6.10. The number of benzene rings is 9. The molecule has 308 valence electrons. The van der Waals surface area contributed by atoms with Crippen molar-refractivity contribution in [3.63, 3.8) is 0 Å². The molecule has 14 rings (SSSR count). The molecule has 2 heteroatoms. The molecule has 4 fully saturated rings. The lowest BCUT2D eigenvalue weighted by molar-refractivity contribution is -0.00518. The van der Waals surface area contributed by atoms with Gasteiger partial charge in [0.2, 0.25) is 0 Å². The van der Waals surface area contributed by atoms with E-state index in [2.05, 4.69) is 222 Å². The molecule has 0 amide bonds. The van der Waals surface area contributed by atoms with Gasteiger partial charge in [-0.1, -0.05) is 164 Å². The Balaban J connectivity index is 0.921. The molecule has 9 aromatic carbocycles. The highest BCUT2D eigenvalue weighted by Crippen LogP contribution is 2.61. The Hall–Kier alpha value is -7.16. The number of hydrogen-bond donors (Lipinski definition) is 0. The zero-order chi connectivity index (χ0) is 42.2. The lowest BCUT2D eigenvalue weighted by atomic mass is 9.48. The fourth-order valence-corrected chi connectivity index (χ4v) is 13.0. The molecule has 0 unspecified atom stereocenters. The van der Waals surface area contributed by atoms with E-state index in [-0.39, 0.29) is 0 Å². The van der Waals surface area contributed by atoms with Crippen LogP contribution in [0.2, 0.25) is 0 Å². The number of anilines is 3. The first-order valence-electron chi connectivity index (χ1n) is 23.4. The minimum absolute atomic E-state index is 0.411. The second-order valence-corrected chi connectivity index (χ2v) is 19.1. The standard InChI is InChI=1S/C62H50N2/c1-2-12-47(13-3-1)53-18-10-14-49-15-11-19-54(61(49)53)48-28-34-52(35-29-48)63(59-22-8-9-23-60(59)64-57-20-6-4-16-55(57)56-17-5-7-21-58(56)64)51-32-26-46(27-33-51)45-24-30-50(31-25-45)62-39-42-36-43(40-62)38-44(37-42)41-62/h1-35,42-44H,36-41H2. The predicted octanol–water partition coefficient (Wildman–Crippen LogP) is 16.9. The van der Waals surface area contributed by atoms with Gasteiger partial charge in [0.1, 0.15) is 0 Å². The zero-order valence-electron chi connectivity index (χ0n) is 36.1. The van der Waals surface area contributed by atoms with Crippen molar-refractivity contribution >= 4 is 49.6 Å². The SMILES string of the molecule is c1ccc(-c2cccc3cccc(-c4ccc(N(c5ccc(-c6ccc(C78CC9CC(CC(C9)C7)C8)cc6)cc5)c5ccccc5-n5c6ccccc6c6ccccc65)cc4)c23)cc1. The van der Waals surface area contributed by atoms with Crippen molar-refractivity contribution in [1.29, 1.82) is 0 Å². The minimum atomic E-state index is 0.411. The van der Waals surface area contributed by atoms with Gasteiger partial charge in [0, 0.05) is 22.1 Å². The molecule has 0 atom stereocenters. The molecule has 0 radical (unpaired) electrons. The van der Waals surface area contributed by atoms with Gasteiger partial charge in [0.05, 0.1) is 22.4 Å². The Kier molecular flexibility index (Phi) is 8.76. The summed E-state index contributed by atoms with van der Waals surface area (Å²) in [6.07, 6.45) is 8.64. The number of hydrogen-bond acceptors (Lipinski definition) is 1. The third kappa shape index (κ3) is 6.14. The van der Waals surface area contributed by atoms with Crippen LogP contribution in [0.4, 0.5) is 17.1 Å². The van der Waals surface area contributed by atoms with E-state index in [4.69, 9.17) is 0 Å². The minimum Gasteiger partial charge on any atom is -0.308 e. The smallest absolute Gasteiger partial charge is 0.0702 e. The second kappa shape index (κ2) is 15.0. The first kappa shape index (κ1) is 37.4. The van der Waals surface area contributed by atoms with Gasteiger partial charge in [-0.2, -0.15) is 0 Å². The van der Waals surface area contributed by atoms with Crippen LogP contribution in [0.3, 0.4) is 0 Å². The molecule has 0 spiro atoms. The van der Waals surface area contributed by atoms with Gasteiger partial charge in [-0.25, -0.2) is 0 Å². The number of rotatable bonds is 8. The number of nitrogens with zero attached hydrogens (tertiary/aromatic N) is 2. The van der Waals surface area contributed by atoms with E-state index in [1.165, 1.54) is 104 Å². The number of fused-ring (bicyclic) bond motifs is 4. The van der Waals surface area contributed by atoms with Gasteiger partial charge < -0.3 is 9.47 Å². The second-order valence-electron chi connectivity index (χ2n) is 19.1. The van der Waals surface area contributed by atoms with Gasteiger partial charge in [-0.3, -0.25) is 0 Å². The molecule has 4 saturated carbocycles. The molecule has 1 aromatic heterocycles. The molecule has 4 aliphatic carbocycles. The summed E-state index contributed by atoms with van der Waals surface area (Å²) in [5, 5.41) is 5.03. The zero-order valence-corrected chi connectivity index (χ0v) is 36.1. The van der Waals surface area contributed by atoms with E-state index >= 15 is 0 Å². The van der Waals surface area contributed by atoms with Crippen molar-refractivity contribution in [2.24, 2.45) is 17.8 Å². The molecule has 4 bridgehead atoms. The molecule has 10 aromatic rings. The van der Waals surface area contributed by atoms with Gasteiger partial charge in [0.15, 0.2) is 0 Å². The van der Waals surface area contributed by atoms with Crippen molar-refractivity contribution in [2.45, 2.75) is 43.9 Å². The number of aromatic nitrogens is 1. The van der Waals surface area contributed by atoms with E-state index < -0.39 is 0 Å². The monoisotopic (exact) mass is 822 g/mol. The number of para-hydroxylation sites is 4. The molecule has 0 saturated heterocycles. The van der Waals surface area contributed by atoms with Crippen LogP contribution in [0, 0.1) is 17.8 Å². The van der Waals surface area contributed by atoms with Crippen molar-refractivity contribution in [3.8, 4) is 39.1 Å². The van der Waals surface area contributed by atoms with Crippen LogP contribution in [-0.2, 0) is 5.41 Å². The van der Waals surface area contributed by atoms with E-state index in [1.54, 1.807) is 5.56 Å². The Bertz CT molecular complexity index is 3240. The largest absolute Gasteiger partial charge is 0.308 e. The van der Waals surface area contributed by atoms with Gasteiger partial charge in [0.25, 0.3) is 0 Å². The van der Waals surface area contributed by atoms with Crippen LogP contribution in [0.25, 0.3) is 71.6 Å². The summed E-state index contributed by atoms with van der Waals surface area (Å²) in [4.78, 5) is 2.45.